The van der Waals surface area contributed by atoms with Crippen molar-refractivity contribution in [3.63, 3.8) is 0 Å². The minimum Gasteiger partial charge on any atom is -0.368 e. The van der Waals surface area contributed by atoms with Gasteiger partial charge < -0.3 is 10.5 Å². The van der Waals surface area contributed by atoms with Gasteiger partial charge in [-0.2, -0.15) is 0 Å². The fourth-order valence-electron chi connectivity index (χ4n) is 1.80. The molecule has 2 amide bonds. The first-order chi connectivity index (χ1) is 7.52. The van der Waals surface area contributed by atoms with E-state index in [0.29, 0.717) is 12.5 Å². The molecule has 1 aliphatic rings. The zero-order valence-electron chi connectivity index (χ0n) is 9.56. The number of hydrogen-bond donors (Lipinski definition) is 2. The van der Waals surface area contributed by atoms with Gasteiger partial charge in [-0.05, 0) is 18.3 Å². The van der Waals surface area contributed by atoms with E-state index in [1.165, 1.54) is 0 Å². The van der Waals surface area contributed by atoms with Gasteiger partial charge in [-0.15, -0.1) is 0 Å². The van der Waals surface area contributed by atoms with Crippen LogP contribution in [0.25, 0.3) is 0 Å². The highest BCUT2D eigenvalue weighted by molar-refractivity contribution is 5.81. The molecule has 1 heterocycles. The molecule has 0 aromatic rings. The minimum absolute atomic E-state index is 0.192. The predicted octanol–water partition coefficient (Wildman–Crippen LogP) is -0.419. The zero-order chi connectivity index (χ0) is 12.1. The van der Waals surface area contributed by atoms with Crippen molar-refractivity contribution in [3.05, 3.63) is 0 Å². The SMILES string of the molecule is CC(C)[C@@H]1CCO[C@@H]1C(=O)NOCC(N)=O. The molecule has 3 N–H and O–H groups in total. The van der Waals surface area contributed by atoms with E-state index in [1.54, 1.807) is 0 Å². The first kappa shape index (κ1) is 12.9. The summed E-state index contributed by atoms with van der Waals surface area (Å²) in [6.45, 7) is 4.34. The maximum atomic E-state index is 11.6. The molecule has 0 radical (unpaired) electrons. The molecule has 0 aliphatic carbocycles. The van der Waals surface area contributed by atoms with Gasteiger partial charge >= 0.3 is 0 Å². The lowest BCUT2D eigenvalue weighted by Gasteiger charge is -2.20. The highest BCUT2D eigenvalue weighted by atomic mass is 16.7. The van der Waals surface area contributed by atoms with E-state index in [2.05, 4.69) is 10.3 Å². The summed E-state index contributed by atoms with van der Waals surface area (Å²) in [7, 11) is 0. The van der Waals surface area contributed by atoms with Gasteiger partial charge in [-0.25, -0.2) is 5.48 Å². The molecule has 6 nitrogen and oxygen atoms in total. The number of amides is 2. The number of nitrogens with two attached hydrogens (primary N) is 1. The van der Waals surface area contributed by atoms with Crippen LogP contribution in [0.1, 0.15) is 20.3 Å². The van der Waals surface area contributed by atoms with Crippen LogP contribution in [0.15, 0.2) is 0 Å². The summed E-state index contributed by atoms with van der Waals surface area (Å²) in [6.07, 6.45) is 0.374. The second-order valence-corrected chi connectivity index (χ2v) is 4.21. The highest BCUT2D eigenvalue weighted by Gasteiger charge is 2.36. The fourth-order valence-corrected chi connectivity index (χ4v) is 1.80. The molecule has 0 saturated carbocycles. The fraction of sp³-hybridized carbons (Fsp3) is 0.800. The van der Waals surface area contributed by atoms with E-state index in [0.717, 1.165) is 6.42 Å². The van der Waals surface area contributed by atoms with Crippen molar-refractivity contribution in [2.24, 2.45) is 17.6 Å². The largest absolute Gasteiger partial charge is 0.368 e. The Balaban J connectivity index is 2.38. The molecule has 0 spiro atoms. The summed E-state index contributed by atoms with van der Waals surface area (Å²) < 4.78 is 5.34. The van der Waals surface area contributed by atoms with Crippen molar-refractivity contribution < 1.29 is 19.2 Å². The van der Waals surface area contributed by atoms with E-state index in [4.69, 9.17) is 10.5 Å². The molecule has 2 atom stereocenters. The first-order valence-electron chi connectivity index (χ1n) is 5.34. The van der Waals surface area contributed by atoms with Crippen LogP contribution in [-0.4, -0.2) is 31.1 Å². The second kappa shape index (κ2) is 5.81. The molecule has 0 aromatic heterocycles. The smallest absolute Gasteiger partial charge is 0.272 e. The van der Waals surface area contributed by atoms with E-state index >= 15 is 0 Å². The van der Waals surface area contributed by atoms with Crippen molar-refractivity contribution in [1.29, 1.82) is 0 Å². The van der Waals surface area contributed by atoms with Crippen LogP contribution in [0, 0.1) is 11.8 Å². The lowest BCUT2D eigenvalue weighted by atomic mass is 9.89. The molecule has 6 heteroatoms. The molecule has 16 heavy (non-hydrogen) atoms. The van der Waals surface area contributed by atoms with E-state index in [9.17, 15) is 9.59 Å². The number of primary amides is 1. The van der Waals surface area contributed by atoms with Gasteiger partial charge in [0.2, 0.25) is 5.91 Å². The lowest BCUT2D eigenvalue weighted by molar-refractivity contribution is -0.147. The van der Waals surface area contributed by atoms with Gasteiger partial charge in [0.25, 0.3) is 5.91 Å². The highest BCUT2D eigenvalue weighted by Crippen LogP contribution is 2.27. The third-order valence-electron chi connectivity index (χ3n) is 2.64. The summed E-state index contributed by atoms with van der Waals surface area (Å²) in [6, 6.07) is 0. The van der Waals surface area contributed by atoms with Gasteiger partial charge in [0.15, 0.2) is 6.61 Å². The molecular weight excluding hydrogens is 212 g/mol. The van der Waals surface area contributed by atoms with Crippen molar-refractivity contribution >= 4 is 11.8 Å². The zero-order valence-corrected chi connectivity index (χ0v) is 9.56. The third-order valence-corrected chi connectivity index (χ3v) is 2.64. The Morgan fingerprint density at radius 3 is 2.81 bits per heavy atom. The third kappa shape index (κ3) is 3.46. The van der Waals surface area contributed by atoms with Gasteiger partial charge in [0.1, 0.15) is 6.10 Å². The van der Waals surface area contributed by atoms with Crippen molar-refractivity contribution in [2.75, 3.05) is 13.2 Å². The number of hydroxylamine groups is 1. The maximum Gasteiger partial charge on any atom is 0.272 e. The van der Waals surface area contributed by atoms with Crippen LogP contribution in [0.4, 0.5) is 0 Å². The summed E-state index contributed by atoms with van der Waals surface area (Å²) in [5, 5.41) is 0. The van der Waals surface area contributed by atoms with Crippen LogP contribution < -0.4 is 11.2 Å². The van der Waals surface area contributed by atoms with Crippen LogP contribution >= 0.6 is 0 Å². The Labute approximate surface area is 94.4 Å². The lowest BCUT2D eigenvalue weighted by Crippen LogP contribution is -2.40. The van der Waals surface area contributed by atoms with E-state index in [-0.39, 0.29) is 18.4 Å². The Morgan fingerprint density at radius 1 is 1.56 bits per heavy atom. The average Bonchev–Trinajstić information content (AvgIpc) is 2.65. The van der Waals surface area contributed by atoms with E-state index in [1.807, 2.05) is 13.8 Å². The normalized spacial score (nSPS) is 24.7. The standard InChI is InChI=1S/C10H18N2O4/c1-6(2)7-3-4-15-9(7)10(14)12-16-5-8(11)13/h6-7,9H,3-5H2,1-2H3,(H2,11,13)(H,12,14)/t7-,9-/m0/s1. The number of carbonyl (C=O) groups is 2. The van der Waals surface area contributed by atoms with Crippen molar-refractivity contribution in [2.45, 2.75) is 26.4 Å². The van der Waals surface area contributed by atoms with Crippen molar-refractivity contribution in [3.8, 4) is 0 Å². The monoisotopic (exact) mass is 230 g/mol. The maximum absolute atomic E-state index is 11.6. The van der Waals surface area contributed by atoms with E-state index < -0.39 is 12.0 Å². The summed E-state index contributed by atoms with van der Waals surface area (Å²) in [5.41, 5.74) is 7.04. The molecule has 0 aromatic carbocycles. The molecule has 1 saturated heterocycles. The molecule has 0 bridgehead atoms. The molecule has 1 rings (SSSR count). The topological polar surface area (TPSA) is 90.7 Å². The summed E-state index contributed by atoms with van der Waals surface area (Å²) >= 11 is 0. The van der Waals surface area contributed by atoms with Crippen LogP contribution in [0.3, 0.4) is 0 Å². The Bertz CT molecular complexity index is 268. The number of hydrogen-bond acceptors (Lipinski definition) is 4. The van der Waals surface area contributed by atoms with Gasteiger partial charge in [0, 0.05) is 6.61 Å². The van der Waals surface area contributed by atoms with Gasteiger partial charge in [-0.3, -0.25) is 14.4 Å². The first-order valence-corrected chi connectivity index (χ1v) is 5.34. The Hall–Kier alpha value is -1.14. The Morgan fingerprint density at radius 2 is 2.25 bits per heavy atom. The quantitative estimate of drug-likeness (QED) is 0.628. The molecule has 0 unspecified atom stereocenters. The predicted molar refractivity (Wildman–Crippen MR) is 56.0 cm³/mol. The summed E-state index contributed by atoms with van der Waals surface area (Å²) in [5.74, 6) is -0.419. The molecular formula is C10H18N2O4. The van der Waals surface area contributed by atoms with Gasteiger partial charge in [0.05, 0.1) is 0 Å². The average molecular weight is 230 g/mol. The molecule has 1 fully saturated rings. The molecule has 92 valence electrons. The van der Waals surface area contributed by atoms with Crippen molar-refractivity contribution in [1.82, 2.24) is 5.48 Å². The number of ether oxygens (including phenoxy) is 1. The van der Waals surface area contributed by atoms with Gasteiger partial charge in [-0.1, -0.05) is 13.8 Å². The van der Waals surface area contributed by atoms with Crippen LogP contribution in [0.5, 0.6) is 0 Å². The van der Waals surface area contributed by atoms with Crippen LogP contribution in [-0.2, 0) is 19.2 Å². The number of nitrogens with one attached hydrogen (secondary N) is 1. The summed E-state index contributed by atoms with van der Waals surface area (Å²) in [4.78, 5) is 26.7. The number of carbonyl (C=O) groups excluding carboxylic acids is 2. The second-order valence-electron chi connectivity index (χ2n) is 4.21. The van der Waals surface area contributed by atoms with Crippen LogP contribution in [0.2, 0.25) is 0 Å². The Kier molecular flexibility index (Phi) is 4.70. The molecule has 1 aliphatic heterocycles. The number of rotatable bonds is 5. The minimum atomic E-state index is -0.631.